The molecule has 3 atom stereocenters. The molecule has 2 bridgehead atoms. The molecule has 8 heteroatoms. The molecule has 22 heavy (non-hydrogen) atoms. The minimum absolute atomic E-state index is 0.123. The lowest BCUT2D eigenvalue weighted by atomic mass is 10.0. The summed E-state index contributed by atoms with van der Waals surface area (Å²) in [4.78, 5) is 12.6. The fraction of sp³-hybridized carbons (Fsp3) is 0.500. The van der Waals surface area contributed by atoms with Crippen LogP contribution in [0.2, 0.25) is 0 Å². The van der Waals surface area contributed by atoms with Crippen molar-refractivity contribution in [2.45, 2.75) is 43.9 Å². The van der Waals surface area contributed by atoms with Crippen molar-refractivity contribution in [3.8, 4) is 5.75 Å². The van der Waals surface area contributed by atoms with Crippen LogP contribution in [0.1, 0.15) is 25.7 Å². The number of ether oxygens (including phenoxy) is 1. The summed E-state index contributed by atoms with van der Waals surface area (Å²) in [5.74, 6) is -11.5. The van der Waals surface area contributed by atoms with Gasteiger partial charge in [-0.1, -0.05) is 0 Å². The molecule has 1 aromatic carbocycles. The Morgan fingerprint density at radius 1 is 0.864 bits per heavy atom. The van der Waals surface area contributed by atoms with E-state index in [9.17, 15) is 26.7 Å². The van der Waals surface area contributed by atoms with Crippen LogP contribution in [0, 0.1) is 29.1 Å². The van der Waals surface area contributed by atoms with Gasteiger partial charge in [0, 0.05) is 24.9 Å². The molecule has 2 saturated heterocycles. The first-order valence-electron chi connectivity index (χ1n) is 6.84. The molecule has 1 aromatic rings. The highest BCUT2D eigenvalue weighted by Crippen LogP contribution is 2.38. The standard InChI is InChI=1S/C14H12F5NO2/c15-9-10(16)12(18)14(13(19)11(9)17)22-8-3-6-1-2-7(4-8)20(6)5-21/h5-8H,1-4H2/t6-,7+,8+. The number of halogens is 5. The second-order valence-electron chi connectivity index (χ2n) is 5.55. The van der Waals surface area contributed by atoms with Gasteiger partial charge in [0.15, 0.2) is 5.75 Å². The Bertz CT molecular complexity index is 581. The summed E-state index contributed by atoms with van der Waals surface area (Å²) in [6.07, 6.45) is 2.10. The van der Waals surface area contributed by atoms with E-state index in [-0.39, 0.29) is 12.1 Å². The highest BCUT2D eigenvalue weighted by atomic mass is 19.2. The van der Waals surface area contributed by atoms with Gasteiger partial charge >= 0.3 is 0 Å². The number of amides is 1. The summed E-state index contributed by atoms with van der Waals surface area (Å²) in [5, 5.41) is 0. The normalized spacial score (nSPS) is 27.1. The van der Waals surface area contributed by atoms with Crippen molar-refractivity contribution in [2.24, 2.45) is 0 Å². The molecule has 120 valence electrons. The van der Waals surface area contributed by atoms with Gasteiger partial charge in [-0.2, -0.15) is 8.78 Å². The number of hydrogen-bond acceptors (Lipinski definition) is 2. The van der Waals surface area contributed by atoms with E-state index in [1.807, 2.05) is 0 Å². The first-order chi connectivity index (χ1) is 10.4. The maximum Gasteiger partial charge on any atom is 0.210 e. The zero-order valence-electron chi connectivity index (χ0n) is 11.3. The average molecular weight is 321 g/mol. The first kappa shape index (κ1) is 15.1. The Kier molecular flexibility index (Phi) is 3.70. The van der Waals surface area contributed by atoms with Gasteiger partial charge in [-0.25, -0.2) is 13.2 Å². The molecule has 0 radical (unpaired) electrons. The van der Waals surface area contributed by atoms with Crippen LogP contribution in [0.15, 0.2) is 0 Å². The van der Waals surface area contributed by atoms with E-state index < -0.39 is 40.9 Å². The molecule has 0 saturated carbocycles. The van der Waals surface area contributed by atoms with Gasteiger partial charge in [-0.3, -0.25) is 4.79 Å². The van der Waals surface area contributed by atoms with E-state index in [0.717, 1.165) is 19.3 Å². The van der Waals surface area contributed by atoms with Gasteiger partial charge in [0.1, 0.15) is 6.10 Å². The zero-order chi connectivity index (χ0) is 16.0. The molecule has 3 nitrogen and oxygen atoms in total. The topological polar surface area (TPSA) is 29.5 Å². The van der Waals surface area contributed by atoms with E-state index in [4.69, 9.17) is 4.74 Å². The molecule has 3 rings (SSSR count). The molecule has 0 aliphatic carbocycles. The maximum absolute atomic E-state index is 13.6. The van der Waals surface area contributed by atoms with Crippen LogP contribution in [0.25, 0.3) is 0 Å². The van der Waals surface area contributed by atoms with Crippen LogP contribution in [0.4, 0.5) is 22.0 Å². The average Bonchev–Trinajstić information content (AvgIpc) is 2.77. The minimum Gasteiger partial charge on any atom is -0.484 e. The SMILES string of the molecule is O=CN1[C@@H]2CC[C@H]1C[C@@H](Oc1c(F)c(F)c(F)c(F)c1F)C2. The fourth-order valence-corrected chi connectivity index (χ4v) is 3.29. The lowest BCUT2D eigenvalue weighted by molar-refractivity contribution is -0.123. The highest BCUT2D eigenvalue weighted by Gasteiger charge is 2.41. The number of carbonyl (C=O) groups excluding carboxylic acids is 1. The summed E-state index contributed by atoms with van der Waals surface area (Å²) in [5.41, 5.74) is 0. The molecular weight excluding hydrogens is 309 g/mol. The highest BCUT2D eigenvalue weighted by molar-refractivity contribution is 5.50. The lowest BCUT2D eigenvalue weighted by Gasteiger charge is -2.36. The van der Waals surface area contributed by atoms with Crippen molar-refractivity contribution in [1.29, 1.82) is 0 Å². The molecule has 0 aromatic heterocycles. The summed E-state index contributed by atoms with van der Waals surface area (Å²) in [7, 11) is 0. The predicted octanol–water partition coefficient (Wildman–Crippen LogP) is 2.91. The number of nitrogens with zero attached hydrogens (tertiary/aromatic N) is 1. The van der Waals surface area contributed by atoms with E-state index in [1.165, 1.54) is 0 Å². The van der Waals surface area contributed by atoms with E-state index in [0.29, 0.717) is 12.8 Å². The van der Waals surface area contributed by atoms with Crippen LogP contribution < -0.4 is 4.74 Å². The molecule has 0 N–H and O–H groups in total. The molecule has 2 heterocycles. The zero-order valence-corrected chi connectivity index (χ0v) is 11.3. The number of carbonyl (C=O) groups is 1. The van der Waals surface area contributed by atoms with Crippen LogP contribution in [-0.2, 0) is 4.79 Å². The third-order valence-electron chi connectivity index (χ3n) is 4.32. The summed E-state index contributed by atoms with van der Waals surface area (Å²) in [6.45, 7) is 0. The van der Waals surface area contributed by atoms with Gasteiger partial charge in [-0.15, -0.1) is 0 Å². The van der Waals surface area contributed by atoms with E-state index in [2.05, 4.69) is 0 Å². The minimum atomic E-state index is -2.21. The Morgan fingerprint density at radius 3 is 1.77 bits per heavy atom. The van der Waals surface area contributed by atoms with Gasteiger partial charge < -0.3 is 9.64 Å². The Morgan fingerprint density at radius 2 is 1.32 bits per heavy atom. The number of benzene rings is 1. The largest absolute Gasteiger partial charge is 0.484 e. The second kappa shape index (κ2) is 5.40. The number of hydrogen-bond donors (Lipinski definition) is 0. The Balaban J connectivity index is 1.85. The molecule has 0 spiro atoms. The summed E-state index contributed by atoms with van der Waals surface area (Å²) in [6, 6.07) is -0.245. The van der Waals surface area contributed by atoms with Crippen molar-refractivity contribution in [1.82, 2.24) is 4.90 Å². The molecular formula is C14H12F5NO2. The van der Waals surface area contributed by atoms with Crippen molar-refractivity contribution >= 4 is 6.41 Å². The van der Waals surface area contributed by atoms with E-state index in [1.54, 1.807) is 4.90 Å². The van der Waals surface area contributed by atoms with Gasteiger partial charge in [0.25, 0.3) is 0 Å². The molecule has 2 aliphatic heterocycles. The van der Waals surface area contributed by atoms with Crippen molar-refractivity contribution in [2.75, 3.05) is 0 Å². The summed E-state index contributed by atoms with van der Waals surface area (Å²) >= 11 is 0. The fourth-order valence-electron chi connectivity index (χ4n) is 3.29. The quantitative estimate of drug-likeness (QED) is 0.371. The molecule has 1 amide bonds. The van der Waals surface area contributed by atoms with Crippen molar-refractivity contribution < 1.29 is 31.5 Å². The van der Waals surface area contributed by atoms with Crippen LogP contribution in [0.5, 0.6) is 5.75 Å². The first-order valence-corrected chi connectivity index (χ1v) is 6.84. The van der Waals surface area contributed by atoms with Crippen molar-refractivity contribution in [3.63, 3.8) is 0 Å². The lowest BCUT2D eigenvalue weighted by Crippen LogP contribution is -2.45. The summed E-state index contributed by atoms with van der Waals surface area (Å²) < 4.78 is 71.5. The maximum atomic E-state index is 13.6. The smallest absolute Gasteiger partial charge is 0.210 e. The third-order valence-corrected chi connectivity index (χ3v) is 4.32. The van der Waals surface area contributed by atoms with Crippen LogP contribution in [0.3, 0.4) is 0 Å². The second-order valence-corrected chi connectivity index (χ2v) is 5.55. The number of rotatable bonds is 3. The van der Waals surface area contributed by atoms with Gasteiger partial charge in [-0.05, 0) is 12.8 Å². The van der Waals surface area contributed by atoms with Crippen LogP contribution in [-0.4, -0.2) is 29.5 Å². The predicted molar refractivity (Wildman–Crippen MR) is 64.6 cm³/mol. The Labute approximate surface area is 122 Å². The molecule has 2 aliphatic rings. The van der Waals surface area contributed by atoms with Gasteiger partial charge in [0.2, 0.25) is 35.5 Å². The van der Waals surface area contributed by atoms with E-state index >= 15 is 0 Å². The van der Waals surface area contributed by atoms with Crippen molar-refractivity contribution in [3.05, 3.63) is 29.1 Å². The monoisotopic (exact) mass is 321 g/mol. The molecule has 2 fully saturated rings. The molecule has 0 unspecified atom stereocenters. The van der Waals surface area contributed by atoms with Gasteiger partial charge in [0.05, 0.1) is 0 Å². The number of fused-ring (bicyclic) bond motifs is 2. The third kappa shape index (κ3) is 2.21. The Hall–Kier alpha value is -1.86. The van der Waals surface area contributed by atoms with Crippen LogP contribution >= 0.6 is 0 Å². The number of piperidine rings is 1.